The fourth-order valence-corrected chi connectivity index (χ4v) is 2.26. The van der Waals surface area contributed by atoms with Crippen LogP contribution >= 0.6 is 0 Å². The summed E-state index contributed by atoms with van der Waals surface area (Å²) >= 11 is 0. The van der Waals surface area contributed by atoms with Gasteiger partial charge in [0.1, 0.15) is 18.2 Å². The van der Waals surface area contributed by atoms with Crippen molar-refractivity contribution in [2.75, 3.05) is 26.2 Å². The Bertz CT molecular complexity index is 457. The average Bonchev–Trinajstić information content (AvgIpc) is 2.91. The minimum atomic E-state index is -0.356. The van der Waals surface area contributed by atoms with Gasteiger partial charge in [0, 0.05) is 18.2 Å². The van der Waals surface area contributed by atoms with Gasteiger partial charge < -0.3 is 9.94 Å². The molecule has 0 aromatic heterocycles. The topological polar surface area (TPSA) is 45.1 Å². The summed E-state index contributed by atoms with van der Waals surface area (Å²) in [6, 6.07) is 4.22. The van der Waals surface area contributed by atoms with Gasteiger partial charge >= 0.3 is 0 Å². The van der Waals surface area contributed by atoms with E-state index in [2.05, 4.69) is 10.1 Å². The number of hydrogen-bond acceptors (Lipinski definition) is 4. The first-order valence-electron chi connectivity index (χ1n) is 6.54. The standard InChI is InChI=1S/C14H19FN2O2/c1-11(16-18)13-5-4-12(15)10-14(13)19-9-8-17-6-2-3-7-17/h4-5,10,18H,2-3,6-9H2,1H3/b16-11-. The minimum Gasteiger partial charge on any atom is -0.491 e. The number of likely N-dealkylation sites (tertiary alicyclic amines) is 1. The van der Waals surface area contributed by atoms with E-state index in [1.807, 2.05) is 0 Å². The Hall–Kier alpha value is -1.62. The van der Waals surface area contributed by atoms with Gasteiger partial charge in [0.05, 0.1) is 5.71 Å². The van der Waals surface area contributed by atoms with E-state index >= 15 is 0 Å². The Labute approximate surface area is 112 Å². The molecule has 1 aliphatic heterocycles. The van der Waals surface area contributed by atoms with Crippen LogP contribution in [0.4, 0.5) is 4.39 Å². The van der Waals surface area contributed by atoms with Gasteiger partial charge in [-0.2, -0.15) is 0 Å². The summed E-state index contributed by atoms with van der Waals surface area (Å²) in [6.07, 6.45) is 2.48. The van der Waals surface area contributed by atoms with Crippen molar-refractivity contribution in [3.05, 3.63) is 29.6 Å². The van der Waals surface area contributed by atoms with E-state index in [1.54, 1.807) is 13.0 Å². The van der Waals surface area contributed by atoms with E-state index < -0.39 is 0 Å². The Kier molecular flexibility index (Phi) is 4.74. The molecule has 1 aliphatic rings. The first kappa shape index (κ1) is 13.8. The van der Waals surface area contributed by atoms with E-state index in [0.717, 1.165) is 19.6 Å². The van der Waals surface area contributed by atoms with Crippen LogP contribution in [0.25, 0.3) is 0 Å². The lowest BCUT2D eigenvalue weighted by molar-refractivity contribution is 0.236. The predicted molar refractivity (Wildman–Crippen MR) is 71.6 cm³/mol. The summed E-state index contributed by atoms with van der Waals surface area (Å²) in [6.45, 7) is 5.22. The highest BCUT2D eigenvalue weighted by molar-refractivity contribution is 6.00. The molecule has 0 spiro atoms. The molecule has 0 unspecified atom stereocenters. The highest BCUT2D eigenvalue weighted by atomic mass is 19.1. The second kappa shape index (κ2) is 6.52. The maximum Gasteiger partial charge on any atom is 0.131 e. The zero-order valence-electron chi connectivity index (χ0n) is 11.1. The number of nitrogens with zero attached hydrogens (tertiary/aromatic N) is 2. The van der Waals surface area contributed by atoms with E-state index in [9.17, 15) is 4.39 Å². The third-order valence-electron chi connectivity index (χ3n) is 3.35. The molecule has 1 N–H and O–H groups in total. The molecule has 1 aromatic rings. The minimum absolute atomic E-state index is 0.356. The van der Waals surface area contributed by atoms with Gasteiger partial charge in [-0.25, -0.2) is 4.39 Å². The molecule has 0 radical (unpaired) electrons. The molecule has 2 rings (SSSR count). The molecule has 0 saturated carbocycles. The van der Waals surface area contributed by atoms with Gasteiger partial charge in [0.15, 0.2) is 0 Å². The van der Waals surface area contributed by atoms with Crippen molar-refractivity contribution < 1.29 is 14.3 Å². The van der Waals surface area contributed by atoms with E-state index in [0.29, 0.717) is 23.6 Å². The van der Waals surface area contributed by atoms with Gasteiger partial charge in [0.25, 0.3) is 0 Å². The van der Waals surface area contributed by atoms with Crippen molar-refractivity contribution in [2.45, 2.75) is 19.8 Å². The molecule has 1 saturated heterocycles. The zero-order chi connectivity index (χ0) is 13.7. The Balaban J connectivity index is 1.99. The lowest BCUT2D eigenvalue weighted by Crippen LogP contribution is -2.25. The van der Waals surface area contributed by atoms with Crippen molar-refractivity contribution in [1.82, 2.24) is 4.90 Å². The van der Waals surface area contributed by atoms with Crippen molar-refractivity contribution in [1.29, 1.82) is 0 Å². The van der Waals surface area contributed by atoms with Crippen LogP contribution in [0.5, 0.6) is 5.75 Å². The molecule has 1 aromatic carbocycles. The summed E-state index contributed by atoms with van der Waals surface area (Å²) in [7, 11) is 0. The van der Waals surface area contributed by atoms with Crippen LogP contribution in [-0.4, -0.2) is 42.1 Å². The van der Waals surface area contributed by atoms with Crippen LogP contribution in [-0.2, 0) is 0 Å². The highest BCUT2D eigenvalue weighted by Gasteiger charge is 2.13. The number of oxime groups is 1. The van der Waals surface area contributed by atoms with Crippen LogP contribution < -0.4 is 4.74 Å². The third-order valence-corrected chi connectivity index (χ3v) is 3.35. The van der Waals surface area contributed by atoms with Crippen LogP contribution in [0.2, 0.25) is 0 Å². The Morgan fingerprint density at radius 3 is 2.84 bits per heavy atom. The largest absolute Gasteiger partial charge is 0.491 e. The molecular formula is C14H19FN2O2. The highest BCUT2D eigenvalue weighted by Crippen LogP contribution is 2.21. The van der Waals surface area contributed by atoms with Crippen LogP contribution in [0, 0.1) is 5.82 Å². The molecule has 0 bridgehead atoms. The lowest BCUT2D eigenvalue weighted by atomic mass is 10.1. The van der Waals surface area contributed by atoms with Gasteiger partial charge in [0.2, 0.25) is 0 Å². The Morgan fingerprint density at radius 2 is 2.16 bits per heavy atom. The number of rotatable bonds is 5. The number of ether oxygens (including phenoxy) is 1. The van der Waals surface area contributed by atoms with Crippen molar-refractivity contribution in [3.8, 4) is 5.75 Å². The molecular weight excluding hydrogens is 247 g/mol. The van der Waals surface area contributed by atoms with Gasteiger partial charge in [-0.05, 0) is 45.0 Å². The molecule has 4 nitrogen and oxygen atoms in total. The van der Waals surface area contributed by atoms with Crippen LogP contribution in [0.15, 0.2) is 23.4 Å². The molecule has 104 valence electrons. The normalized spacial score (nSPS) is 16.8. The Morgan fingerprint density at radius 1 is 1.42 bits per heavy atom. The molecule has 0 aliphatic carbocycles. The zero-order valence-corrected chi connectivity index (χ0v) is 11.1. The van der Waals surface area contributed by atoms with Gasteiger partial charge in [-0.15, -0.1) is 0 Å². The molecule has 0 atom stereocenters. The second-order valence-electron chi connectivity index (χ2n) is 4.72. The predicted octanol–water partition coefficient (Wildman–Crippen LogP) is 2.50. The molecule has 0 amide bonds. The summed E-state index contributed by atoms with van der Waals surface area (Å²) < 4.78 is 18.9. The maximum absolute atomic E-state index is 13.2. The second-order valence-corrected chi connectivity index (χ2v) is 4.72. The lowest BCUT2D eigenvalue weighted by Gasteiger charge is -2.16. The van der Waals surface area contributed by atoms with Crippen molar-refractivity contribution in [3.63, 3.8) is 0 Å². The number of hydrogen-bond donors (Lipinski definition) is 1. The SMILES string of the molecule is C/C(=N/O)c1ccc(F)cc1OCCN1CCCC1. The molecule has 1 fully saturated rings. The monoisotopic (exact) mass is 266 g/mol. The fraction of sp³-hybridized carbons (Fsp3) is 0.500. The smallest absolute Gasteiger partial charge is 0.131 e. The average molecular weight is 266 g/mol. The third kappa shape index (κ3) is 3.67. The molecule has 5 heteroatoms. The summed E-state index contributed by atoms with van der Waals surface area (Å²) in [5.74, 6) is 0.0696. The fourth-order valence-electron chi connectivity index (χ4n) is 2.26. The quantitative estimate of drug-likeness (QED) is 0.506. The van der Waals surface area contributed by atoms with E-state index in [4.69, 9.17) is 9.94 Å². The number of benzene rings is 1. The maximum atomic E-state index is 13.2. The van der Waals surface area contributed by atoms with Gasteiger partial charge in [-0.3, -0.25) is 4.90 Å². The molecule has 1 heterocycles. The van der Waals surface area contributed by atoms with Crippen molar-refractivity contribution >= 4 is 5.71 Å². The summed E-state index contributed by atoms with van der Waals surface area (Å²) in [5.41, 5.74) is 1.03. The van der Waals surface area contributed by atoms with Crippen LogP contribution in [0.3, 0.4) is 0 Å². The van der Waals surface area contributed by atoms with E-state index in [1.165, 1.54) is 25.0 Å². The van der Waals surface area contributed by atoms with Crippen molar-refractivity contribution in [2.24, 2.45) is 5.16 Å². The number of halogens is 1. The summed E-state index contributed by atoms with van der Waals surface area (Å²) in [4.78, 5) is 2.33. The first-order valence-corrected chi connectivity index (χ1v) is 6.54. The van der Waals surface area contributed by atoms with E-state index in [-0.39, 0.29) is 5.82 Å². The van der Waals surface area contributed by atoms with Gasteiger partial charge in [-0.1, -0.05) is 5.16 Å². The summed E-state index contributed by atoms with van der Waals surface area (Å²) in [5, 5.41) is 11.9. The molecule has 19 heavy (non-hydrogen) atoms. The first-order chi connectivity index (χ1) is 9.20. The van der Waals surface area contributed by atoms with Crippen LogP contribution in [0.1, 0.15) is 25.3 Å².